The zero-order chi connectivity index (χ0) is 9.90. The lowest BCUT2D eigenvalue weighted by Gasteiger charge is -2.11. The van der Waals surface area contributed by atoms with E-state index in [-0.39, 0.29) is 5.75 Å². The average molecular weight is 191 g/mol. The van der Waals surface area contributed by atoms with Crippen LogP contribution in [0.15, 0.2) is 18.2 Å². The Morgan fingerprint density at radius 1 is 1.38 bits per heavy atom. The molecule has 0 saturated carbocycles. The van der Waals surface area contributed by atoms with E-state index in [9.17, 15) is 13.2 Å². The van der Waals surface area contributed by atoms with Gasteiger partial charge in [0.2, 0.25) is 0 Å². The Labute approximate surface area is 72.9 Å². The molecule has 0 aliphatic heterocycles. The molecule has 0 heterocycles. The number of alkyl halides is 3. The molecule has 0 spiro atoms. The Bertz CT molecular complexity index is 283. The van der Waals surface area contributed by atoms with Crippen molar-refractivity contribution in [2.24, 2.45) is 0 Å². The number of hydrogen-bond donors (Lipinski definition) is 0. The summed E-state index contributed by atoms with van der Waals surface area (Å²) in [5.41, 5.74) is 0. The first-order valence-corrected chi connectivity index (χ1v) is 3.33. The van der Waals surface area contributed by atoms with Gasteiger partial charge in [0.1, 0.15) is 0 Å². The molecule has 5 heteroatoms. The molecule has 1 aromatic carbocycles. The summed E-state index contributed by atoms with van der Waals surface area (Å²) in [6, 6.07) is 6.43. The first-order valence-electron chi connectivity index (χ1n) is 3.33. The molecule has 1 radical (unpaired) electrons. The molecule has 71 valence electrons. The van der Waals surface area contributed by atoms with Crippen LogP contribution in [-0.4, -0.2) is 13.5 Å². The molecule has 1 aromatic rings. The van der Waals surface area contributed by atoms with Crippen LogP contribution in [0.25, 0.3) is 0 Å². The largest absolute Gasteiger partial charge is 0.573 e. The summed E-state index contributed by atoms with van der Waals surface area (Å²) in [5, 5.41) is 0. The third-order valence-corrected chi connectivity index (χ3v) is 1.21. The number of para-hydroxylation sites is 1. The monoisotopic (exact) mass is 191 g/mol. The fraction of sp³-hybridized carbons (Fsp3) is 0.250. The lowest BCUT2D eigenvalue weighted by Crippen LogP contribution is -2.17. The van der Waals surface area contributed by atoms with Crippen molar-refractivity contribution >= 4 is 0 Å². The van der Waals surface area contributed by atoms with Gasteiger partial charge in [-0.1, -0.05) is 12.1 Å². The minimum atomic E-state index is -4.71. The predicted octanol–water partition coefficient (Wildman–Crippen LogP) is 2.39. The molecule has 0 aliphatic rings. The van der Waals surface area contributed by atoms with Crippen molar-refractivity contribution < 1.29 is 22.6 Å². The van der Waals surface area contributed by atoms with E-state index in [1.165, 1.54) is 19.2 Å². The third-order valence-electron chi connectivity index (χ3n) is 1.21. The van der Waals surface area contributed by atoms with Crippen LogP contribution in [0.1, 0.15) is 0 Å². The fourth-order valence-electron chi connectivity index (χ4n) is 0.771. The van der Waals surface area contributed by atoms with E-state index in [1.54, 1.807) is 0 Å². The summed E-state index contributed by atoms with van der Waals surface area (Å²) in [7, 11) is 1.25. The van der Waals surface area contributed by atoms with Crippen LogP contribution in [-0.2, 0) is 0 Å². The second-order valence-corrected chi connectivity index (χ2v) is 2.12. The van der Waals surface area contributed by atoms with Crippen molar-refractivity contribution in [1.29, 1.82) is 0 Å². The molecule has 0 saturated heterocycles. The van der Waals surface area contributed by atoms with Crippen LogP contribution in [0.5, 0.6) is 11.5 Å². The Kier molecular flexibility index (Phi) is 2.65. The Balaban J connectivity index is 2.87. The highest BCUT2D eigenvalue weighted by Crippen LogP contribution is 2.30. The number of benzene rings is 1. The van der Waals surface area contributed by atoms with Crippen LogP contribution >= 0.6 is 0 Å². The smallest absolute Gasteiger partial charge is 0.492 e. The summed E-state index contributed by atoms with van der Waals surface area (Å²) in [6.45, 7) is 0. The number of ether oxygens (including phenoxy) is 2. The molecule has 0 fully saturated rings. The highest BCUT2D eigenvalue weighted by atomic mass is 19.4. The van der Waals surface area contributed by atoms with E-state index in [0.29, 0.717) is 0 Å². The lowest BCUT2D eigenvalue weighted by atomic mass is 10.3. The van der Waals surface area contributed by atoms with Gasteiger partial charge in [0.05, 0.1) is 7.11 Å². The number of halogens is 3. The second-order valence-electron chi connectivity index (χ2n) is 2.12. The van der Waals surface area contributed by atoms with Gasteiger partial charge in [-0.25, -0.2) is 0 Å². The van der Waals surface area contributed by atoms with Crippen molar-refractivity contribution in [3.05, 3.63) is 24.3 Å². The molecule has 0 bridgehead atoms. The van der Waals surface area contributed by atoms with Gasteiger partial charge in [-0.15, -0.1) is 13.2 Å². The highest BCUT2D eigenvalue weighted by molar-refractivity contribution is 5.38. The number of methoxy groups -OCH3 is 1. The minimum absolute atomic E-state index is 0.0696. The quantitative estimate of drug-likeness (QED) is 0.714. The summed E-state index contributed by atoms with van der Waals surface area (Å²) in [6.07, 6.45) is -4.71. The molecule has 13 heavy (non-hydrogen) atoms. The minimum Gasteiger partial charge on any atom is -0.492 e. The maximum atomic E-state index is 11.8. The molecule has 0 atom stereocenters. The molecule has 2 nitrogen and oxygen atoms in total. The van der Waals surface area contributed by atoms with E-state index in [2.05, 4.69) is 15.5 Å². The van der Waals surface area contributed by atoms with Crippen LogP contribution < -0.4 is 9.47 Å². The maximum absolute atomic E-state index is 11.8. The first-order chi connectivity index (χ1) is 6.03. The Morgan fingerprint density at radius 2 is 2.08 bits per heavy atom. The molecular formula is C8H6F3O2. The van der Waals surface area contributed by atoms with Crippen LogP contribution in [0.3, 0.4) is 0 Å². The van der Waals surface area contributed by atoms with E-state index >= 15 is 0 Å². The highest BCUT2D eigenvalue weighted by Gasteiger charge is 2.32. The van der Waals surface area contributed by atoms with E-state index in [0.717, 1.165) is 6.07 Å². The summed E-state index contributed by atoms with van der Waals surface area (Å²) < 4.78 is 43.6. The third kappa shape index (κ3) is 2.85. The van der Waals surface area contributed by atoms with Crippen LogP contribution in [0.4, 0.5) is 13.2 Å². The first kappa shape index (κ1) is 9.70. The van der Waals surface area contributed by atoms with Gasteiger partial charge in [-0.05, 0) is 6.07 Å². The lowest BCUT2D eigenvalue weighted by molar-refractivity contribution is -0.275. The molecule has 0 aromatic heterocycles. The summed E-state index contributed by atoms with van der Waals surface area (Å²) in [4.78, 5) is 0. The van der Waals surface area contributed by atoms with Crippen LogP contribution in [0.2, 0.25) is 0 Å². The van der Waals surface area contributed by atoms with E-state index in [4.69, 9.17) is 0 Å². The molecule has 0 unspecified atom stereocenters. The predicted molar refractivity (Wildman–Crippen MR) is 38.5 cm³/mol. The van der Waals surface area contributed by atoms with Gasteiger partial charge in [0, 0.05) is 6.07 Å². The van der Waals surface area contributed by atoms with Crippen molar-refractivity contribution in [3.63, 3.8) is 0 Å². The maximum Gasteiger partial charge on any atom is 0.573 e. The van der Waals surface area contributed by atoms with E-state index in [1.807, 2.05) is 0 Å². The zero-order valence-corrected chi connectivity index (χ0v) is 6.68. The van der Waals surface area contributed by atoms with Gasteiger partial charge >= 0.3 is 6.36 Å². The van der Waals surface area contributed by atoms with Crippen molar-refractivity contribution in [1.82, 2.24) is 0 Å². The van der Waals surface area contributed by atoms with Gasteiger partial charge in [0.15, 0.2) is 11.5 Å². The van der Waals surface area contributed by atoms with Crippen molar-refractivity contribution in [2.75, 3.05) is 7.11 Å². The fourth-order valence-corrected chi connectivity index (χ4v) is 0.771. The average Bonchev–Trinajstić information content (AvgIpc) is 2.02. The standard InChI is InChI=1S/C8H6F3O2/c1-12-6-4-2-3-5-7(6)13-8(9,10)11/h2-3,5H,1H3. The molecular weight excluding hydrogens is 185 g/mol. The second kappa shape index (κ2) is 3.55. The molecule has 0 amide bonds. The van der Waals surface area contributed by atoms with E-state index < -0.39 is 12.1 Å². The van der Waals surface area contributed by atoms with Gasteiger partial charge in [-0.2, -0.15) is 0 Å². The molecule has 1 rings (SSSR count). The van der Waals surface area contributed by atoms with Gasteiger partial charge in [0.25, 0.3) is 0 Å². The number of hydrogen-bond acceptors (Lipinski definition) is 2. The van der Waals surface area contributed by atoms with Crippen molar-refractivity contribution in [2.45, 2.75) is 6.36 Å². The number of rotatable bonds is 2. The Hall–Kier alpha value is -1.39. The molecule has 0 N–H and O–H groups in total. The SMILES string of the molecule is COc1[c]cccc1OC(F)(F)F. The van der Waals surface area contributed by atoms with Crippen LogP contribution in [0, 0.1) is 6.07 Å². The summed E-state index contributed by atoms with van der Waals surface area (Å²) in [5.74, 6) is -0.461. The molecule has 0 aliphatic carbocycles. The van der Waals surface area contributed by atoms with Crippen molar-refractivity contribution in [3.8, 4) is 11.5 Å². The zero-order valence-electron chi connectivity index (χ0n) is 6.68. The summed E-state index contributed by atoms with van der Waals surface area (Å²) >= 11 is 0. The topological polar surface area (TPSA) is 18.5 Å². The Morgan fingerprint density at radius 3 is 2.62 bits per heavy atom. The normalized spacial score (nSPS) is 11.1. The van der Waals surface area contributed by atoms with Gasteiger partial charge < -0.3 is 9.47 Å². The van der Waals surface area contributed by atoms with Gasteiger partial charge in [-0.3, -0.25) is 0 Å².